The topological polar surface area (TPSA) is 105 Å². The fraction of sp³-hybridized carbons (Fsp3) is 0.429. The van der Waals surface area contributed by atoms with Crippen LogP contribution in [0.15, 0.2) is 30.5 Å². The number of carbonyl (C=O) groups excluding carboxylic acids is 1. The van der Waals surface area contributed by atoms with Crippen LogP contribution in [-0.2, 0) is 16.1 Å². The van der Waals surface area contributed by atoms with E-state index in [1.54, 1.807) is 4.52 Å². The van der Waals surface area contributed by atoms with Crippen LogP contribution in [0.2, 0.25) is 0 Å². The maximum Gasteiger partial charge on any atom is 0.229 e. The molecule has 0 atom stereocenters. The van der Waals surface area contributed by atoms with E-state index < -0.39 is 0 Å². The van der Waals surface area contributed by atoms with Gasteiger partial charge >= 0.3 is 0 Å². The quantitative estimate of drug-likeness (QED) is 0.525. The predicted octanol–water partition coefficient (Wildman–Crippen LogP) is 3.02. The van der Waals surface area contributed by atoms with Crippen molar-refractivity contribution >= 4 is 29.1 Å². The molecular formula is C21H27N7O2. The Labute approximate surface area is 175 Å². The second kappa shape index (κ2) is 8.66. The van der Waals surface area contributed by atoms with Crippen molar-refractivity contribution in [3.8, 4) is 0 Å². The molecule has 0 unspecified atom stereocenters. The molecule has 0 radical (unpaired) electrons. The second-order valence-electron chi connectivity index (χ2n) is 7.69. The first-order valence-corrected chi connectivity index (χ1v) is 10.3. The maximum absolute atomic E-state index is 11.5. The highest BCUT2D eigenvalue weighted by Crippen LogP contribution is 2.23. The number of nitrogens with one attached hydrogen (secondary N) is 3. The SMILES string of the molecule is CCC(=O)Nc1ccc(CNc2nc(NC3COC3)nc3c(C(C)C)cnn23)cc1. The lowest BCUT2D eigenvalue weighted by atomic mass is 10.1. The molecular weight excluding hydrogens is 382 g/mol. The van der Waals surface area contributed by atoms with Gasteiger partial charge in [-0.15, -0.1) is 0 Å². The van der Waals surface area contributed by atoms with Gasteiger partial charge in [0, 0.05) is 24.2 Å². The Morgan fingerprint density at radius 2 is 2.00 bits per heavy atom. The summed E-state index contributed by atoms with van der Waals surface area (Å²) >= 11 is 0. The Kier molecular flexibility index (Phi) is 5.80. The van der Waals surface area contributed by atoms with Gasteiger partial charge in [-0.3, -0.25) is 4.79 Å². The number of benzene rings is 1. The zero-order valence-corrected chi connectivity index (χ0v) is 17.5. The first-order chi connectivity index (χ1) is 14.5. The molecule has 0 aliphatic carbocycles. The van der Waals surface area contributed by atoms with Gasteiger partial charge in [0.2, 0.25) is 17.8 Å². The summed E-state index contributed by atoms with van der Waals surface area (Å²) in [7, 11) is 0. The van der Waals surface area contributed by atoms with Crippen LogP contribution in [0.5, 0.6) is 0 Å². The van der Waals surface area contributed by atoms with Crippen molar-refractivity contribution in [1.29, 1.82) is 0 Å². The average Bonchev–Trinajstić information content (AvgIpc) is 3.14. The fourth-order valence-corrected chi connectivity index (χ4v) is 3.12. The van der Waals surface area contributed by atoms with Crippen molar-refractivity contribution in [1.82, 2.24) is 19.6 Å². The number of hydrogen-bond acceptors (Lipinski definition) is 7. The second-order valence-corrected chi connectivity index (χ2v) is 7.69. The molecule has 0 saturated carbocycles. The highest BCUT2D eigenvalue weighted by Gasteiger charge is 2.21. The Bertz CT molecular complexity index is 1030. The van der Waals surface area contributed by atoms with Crippen LogP contribution in [0.25, 0.3) is 5.65 Å². The number of ether oxygens (including phenoxy) is 1. The summed E-state index contributed by atoms with van der Waals surface area (Å²) in [6.07, 6.45) is 2.31. The number of amides is 1. The van der Waals surface area contributed by atoms with E-state index in [0.717, 1.165) is 22.5 Å². The van der Waals surface area contributed by atoms with Crippen LogP contribution in [0.3, 0.4) is 0 Å². The Hall–Kier alpha value is -3.20. The third-order valence-corrected chi connectivity index (χ3v) is 5.00. The van der Waals surface area contributed by atoms with E-state index in [9.17, 15) is 4.79 Å². The molecule has 1 fully saturated rings. The molecule has 1 saturated heterocycles. The largest absolute Gasteiger partial charge is 0.377 e. The lowest BCUT2D eigenvalue weighted by Gasteiger charge is -2.26. The van der Waals surface area contributed by atoms with E-state index in [-0.39, 0.29) is 11.9 Å². The molecule has 0 spiro atoms. The number of fused-ring (bicyclic) bond motifs is 1. The number of anilines is 3. The minimum Gasteiger partial charge on any atom is -0.377 e. The van der Waals surface area contributed by atoms with Gasteiger partial charge in [-0.2, -0.15) is 19.6 Å². The lowest BCUT2D eigenvalue weighted by Crippen LogP contribution is -2.40. The zero-order valence-electron chi connectivity index (χ0n) is 17.5. The van der Waals surface area contributed by atoms with Crippen LogP contribution in [0.4, 0.5) is 17.6 Å². The molecule has 1 aliphatic rings. The maximum atomic E-state index is 11.5. The number of aromatic nitrogens is 4. The molecule has 3 heterocycles. The smallest absolute Gasteiger partial charge is 0.229 e. The molecule has 30 heavy (non-hydrogen) atoms. The molecule has 9 heteroatoms. The van der Waals surface area contributed by atoms with E-state index in [1.165, 1.54) is 0 Å². The normalized spacial score (nSPS) is 14.0. The zero-order chi connectivity index (χ0) is 21.1. The summed E-state index contributed by atoms with van der Waals surface area (Å²) in [6.45, 7) is 7.97. The van der Waals surface area contributed by atoms with Gasteiger partial charge in [0.05, 0.1) is 25.5 Å². The lowest BCUT2D eigenvalue weighted by molar-refractivity contribution is -0.115. The Morgan fingerprint density at radius 3 is 2.63 bits per heavy atom. The van der Waals surface area contributed by atoms with Gasteiger partial charge < -0.3 is 20.7 Å². The van der Waals surface area contributed by atoms with Crippen molar-refractivity contribution in [3.63, 3.8) is 0 Å². The third kappa shape index (κ3) is 4.35. The van der Waals surface area contributed by atoms with Crippen LogP contribution in [0.1, 0.15) is 44.2 Å². The number of nitrogens with zero attached hydrogens (tertiary/aromatic N) is 4. The van der Waals surface area contributed by atoms with Gasteiger partial charge in [-0.05, 0) is 23.6 Å². The van der Waals surface area contributed by atoms with E-state index in [2.05, 4.69) is 44.9 Å². The molecule has 0 bridgehead atoms. The highest BCUT2D eigenvalue weighted by molar-refractivity contribution is 5.90. The molecule has 2 aromatic heterocycles. The fourth-order valence-electron chi connectivity index (χ4n) is 3.12. The summed E-state index contributed by atoms with van der Waals surface area (Å²) in [6, 6.07) is 7.98. The van der Waals surface area contributed by atoms with Gasteiger partial charge in [0.25, 0.3) is 0 Å². The Balaban J connectivity index is 1.54. The number of carbonyl (C=O) groups is 1. The number of rotatable bonds is 8. The minimum atomic E-state index is 0.000726. The van der Waals surface area contributed by atoms with E-state index >= 15 is 0 Å². The summed E-state index contributed by atoms with van der Waals surface area (Å²) < 4.78 is 6.98. The summed E-state index contributed by atoms with van der Waals surface area (Å²) in [4.78, 5) is 20.8. The van der Waals surface area contributed by atoms with Crippen molar-refractivity contribution < 1.29 is 9.53 Å². The Morgan fingerprint density at radius 1 is 1.23 bits per heavy atom. The van der Waals surface area contributed by atoms with Gasteiger partial charge in [0.15, 0.2) is 5.65 Å². The van der Waals surface area contributed by atoms with Crippen molar-refractivity contribution in [2.24, 2.45) is 0 Å². The van der Waals surface area contributed by atoms with Gasteiger partial charge in [-0.25, -0.2) is 0 Å². The van der Waals surface area contributed by atoms with Crippen LogP contribution < -0.4 is 16.0 Å². The molecule has 1 amide bonds. The molecule has 3 aromatic rings. The summed E-state index contributed by atoms with van der Waals surface area (Å²) in [5, 5.41) is 14.0. The van der Waals surface area contributed by atoms with Crippen LogP contribution >= 0.6 is 0 Å². The number of hydrogen-bond donors (Lipinski definition) is 3. The van der Waals surface area contributed by atoms with Crippen molar-refractivity contribution in [3.05, 3.63) is 41.6 Å². The minimum absolute atomic E-state index is 0.000726. The van der Waals surface area contributed by atoms with E-state index in [0.29, 0.717) is 44.0 Å². The van der Waals surface area contributed by atoms with Gasteiger partial charge in [0.1, 0.15) is 0 Å². The van der Waals surface area contributed by atoms with E-state index in [1.807, 2.05) is 37.4 Å². The molecule has 3 N–H and O–H groups in total. The summed E-state index contributed by atoms with van der Waals surface area (Å²) in [5.74, 6) is 1.49. The standard InChI is InChI=1S/C21H27N7O2/c1-4-18(29)24-15-7-5-14(6-8-15)9-22-21-27-20(25-16-11-30-12-16)26-19-17(13(2)3)10-23-28(19)21/h5-8,10,13,16H,4,9,11-12H2,1-3H3,(H,24,29)(H2,22,25,26,27). The van der Waals surface area contributed by atoms with Crippen LogP contribution in [0, 0.1) is 0 Å². The molecule has 1 aromatic carbocycles. The van der Waals surface area contributed by atoms with E-state index in [4.69, 9.17) is 4.74 Å². The molecule has 1 aliphatic heterocycles. The van der Waals surface area contributed by atoms with Crippen molar-refractivity contribution in [2.75, 3.05) is 29.2 Å². The predicted molar refractivity (Wildman–Crippen MR) is 116 cm³/mol. The first kappa shape index (κ1) is 20.1. The average molecular weight is 409 g/mol. The van der Waals surface area contributed by atoms with Crippen LogP contribution in [-0.4, -0.2) is 44.7 Å². The molecule has 9 nitrogen and oxygen atoms in total. The molecule has 4 rings (SSSR count). The monoisotopic (exact) mass is 409 g/mol. The van der Waals surface area contributed by atoms with Crippen molar-refractivity contribution in [2.45, 2.75) is 45.7 Å². The third-order valence-electron chi connectivity index (χ3n) is 5.00. The highest BCUT2D eigenvalue weighted by atomic mass is 16.5. The summed E-state index contributed by atoms with van der Waals surface area (Å²) in [5.41, 5.74) is 3.72. The molecule has 158 valence electrons. The van der Waals surface area contributed by atoms with Gasteiger partial charge in [-0.1, -0.05) is 32.9 Å². The first-order valence-electron chi connectivity index (χ1n) is 10.3.